The number of hydrogen-bond acceptors (Lipinski definition) is 6. The van der Waals surface area contributed by atoms with Gasteiger partial charge in [-0.2, -0.15) is 0 Å². The number of benzene rings is 3. The number of phenolic OH excluding ortho intramolecular Hbond substituents is 1. The van der Waals surface area contributed by atoms with Gasteiger partial charge in [-0.3, -0.25) is 4.72 Å². The van der Waals surface area contributed by atoms with Gasteiger partial charge >= 0.3 is 0 Å². The Balaban J connectivity index is 1.45. The number of sulfonamides is 1. The van der Waals surface area contributed by atoms with Crippen molar-refractivity contribution >= 4 is 15.7 Å². The number of phenols is 1. The molecule has 8 heteroatoms. The monoisotopic (exact) mass is 456 g/mol. The Hall–Kier alpha value is -3.07. The van der Waals surface area contributed by atoms with Crippen molar-refractivity contribution < 1.29 is 23.4 Å². The van der Waals surface area contributed by atoms with Crippen LogP contribution in [0, 0.1) is 6.92 Å². The predicted molar refractivity (Wildman–Crippen MR) is 127 cm³/mol. The molecule has 0 bridgehead atoms. The van der Waals surface area contributed by atoms with E-state index >= 15 is 0 Å². The number of anilines is 1. The van der Waals surface area contributed by atoms with E-state index in [4.69, 9.17) is 4.74 Å². The third-order valence-electron chi connectivity index (χ3n) is 4.79. The highest BCUT2D eigenvalue weighted by atomic mass is 32.2. The molecular weight excluding hydrogens is 428 g/mol. The molecule has 3 rings (SSSR count). The van der Waals surface area contributed by atoms with Crippen molar-refractivity contribution in [1.82, 2.24) is 5.32 Å². The maximum absolute atomic E-state index is 11.4. The molecule has 0 heterocycles. The second kappa shape index (κ2) is 10.5. The largest absolute Gasteiger partial charge is 0.506 e. The second-order valence-electron chi connectivity index (χ2n) is 7.61. The first kappa shape index (κ1) is 23.6. The Morgan fingerprint density at radius 2 is 1.75 bits per heavy atom. The molecule has 7 nitrogen and oxygen atoms in total. The minimum absolute atomic E-state index is 0.0292. The molecule has 170 valence electrons. The molecule has 0 spiro atoms. The summed E-state index contributed by atoms with van der Waals surface area (Å²) in [6.45, 7) is 3.26. The van der Waals surface area contributed by atoms with Gasteiger partial charge in [0.05, 0.1) is 18.0 Å². The zero-order valence-electron chi connectivity index (χ0n) is 18.1. The SMILES string of the molecule is Cc1cccc(-c2ccc(OCCNCC(O)c3ccc(O)c(NS(C)(=O)=O)c3)cc2)c1. The van der Waals surface area contributed by atoms with Crippen molar-refractivity contribution in [3.05, 3.63) is 77.9 Å². The number of aliphatic hydroxyl groups is 1. The van der Waals surface area contributed by atoms with E-state index in [2.05, 4.69) is 35.2 Å². The van der Waals surface area contributed by atoms with Crippen molar-refractivity contribution in [1.29, 1.82) is 0 Å². The number of ether oxygens (including phenoxy) is 1. The molecule has 3 aromatic carbocycles. The smallest absolute Gasteiger partial charge is 0.229 e. The van der Waals surface area contributed by atoms with Crippen LogP contribution in [0.2, 0.25) is 0 Å². The Morgan fingerprint density at radius 3 is 2.44 bits per heavy atom. The van der Waals surface area contributed by atoms with Crippen LogP contribution in [0.4, 0.5) is 5.69 Å². The number of aryl methyl sites for hydroxylation is 1. The lowest BCUT2D eigenvalue weighted by Crippen LogP contribution is -2.26. The molecule has 0 aromatic heterocycles. The van der Waals surface area contributed by atoms with Gasteiger partial charge < -0.3 is 20.3 Å². The molecule has 0 fully saturated rings. The molecule has 1 unspecified atom stereocenters. The first-order chi connectivity index (χ1) is 15.2. The molecule has 0 saturated carbocycles. The van der Waals surface area contributed by atoms with E-state index in [-0.39, 0.29) is 18.0 Å². The molecule has 0 aliphatic carbocycles. The molecule has 0 saturated heterocycles. The molecule has 1 atom stereocenters. The van der Waals surface area contributed by atoms with E-state index in [9.17, 15) is 18.6 Å². The van der Waals surface area contributed by atoms with Crippen LogP contribution in [-0.2, 0) is 10.0 Å². The lowest BCUT2D eigenvalue weighted by molar-refractivity contribution is 0.172. The highest BCUT2D eigenvalue weighted by Crippen LogP contribution is 2.27. The van der Waals surface area contributed by atoms with Crippen LogP contribution in [0.1, 0.15) is 17.2 Å². The topological polar surface area (TPSA) is 108 Å². The van der Waals surface area contributed by atoms with Crippen LogP contribution in [0.3, 0.4) is 0 Å². The van der Waals surface area contributed by atoms with E-state index in [1.807, 2.05) is 30.3 Å². The minimum atomic E-state index is -3.54. The van der Waals surface area contributed by atoms with Crippen molar-refractivity contribution in [2.45, 2.75) is 13.0 Å². The quantitative estimate of drug-likeness (QED) is 0.275. The van der Waals surface area contributed by atoms with Crippen molar-refractivity contribution in [3.63, 3.8) is 0 Å². The highest BCUT2D eigenvalue weighted by molar-refractivity contribution is 7.92. The van der Waals surface area contributed by atoms with E-state index in [1.54, 1.807) is 6.07 Å². The summed E-state index contributed by atoms with van der Waals surface area (Å²) in [6, 6.07) is 20.5. The van der Waals surface area contributed by atoms with Crippen molar-refractivity contribution in [2.75, 3.05) is 30.7 Å². The number of aliphatic hydroxyl groups excluding tert-OH is 1. The van der Waals surface area contributed by atoms with E-state index in [1.165, 1.54) is 17.7 Å². The van der Waals surface area contributed by atoms with Crippen LogP contribution < -0.4 is 14.8 Å². The number of nitrogens with one attached hydrogen (secondary N) is 2. The Labute approximate surface area is 188 Å². The Kier molecular flexibility index (Phi) is 7.74. The van der Waals surface area contributed by atoms with E-state index in [0.29, 0.717) is 18.7 Å². The van der Waals surface area contributed by atoms with Crippen LogP contribution in [-0.4, -0.2) is 44.6 Å². The van der Waals surface area contributed by atoms with Crippen LogP contribution in [0.25, 0.3) is 11.1 Å². The average Bonchev–Trinajstić information content (AvgIpc) is 2.74. The summed E-state index contributed by atoms with van der Waals surface area (Å²) in [5.74, 6) is 0.555. The Morgan fingerprint density at radius 1 is 1.00 bits per heavy atom. The molecule has 3 aromatic rings. The lowest BCUT2D eigenvalue weighted by atomic mass is 10.0. The van der Waals surface area contributed by atoms with Crippen LogP contribution >= 0.6 is 0 Å². The molecule has 0 aliphatic rings. The molecular formula is C24H28N2O5S. The lowest BCUT2D eigenvalue weighted by Gasteiger charge is -2.15. The van der Waals surface area contributed by atoms with E-state index in [0.717, 1.165) is 23.1 Å². The third kappa shape index (κ3) is 6.98. The highest BCUT2D eigenvalue weighted by Gasteiger charge is 2.12. The van der Waals surface area contributed by atoms with Gasteiger partial charge in [-0.25, -0.2) is 8.42 Å². The molecule has 4 N–H and O–H groups in total. The first-order valence-corrected chi connectivity index (χ1v) is 12.1. The zero-order valence-corrected chi connectivity index (χ0v) is 18.9. The predicted octanol–water partition coefficient (Wildman–Crippen LogP) is 3.44. The van der Waals surface area contributed by atoms with Gasteiger partial charge in [0.15, 0.2) is 0 Å². The fraction of sp³-hybridized carbons (Fsp3) is 0.250. The maximum atomic E-state index is 11.4. The molecule has 0 amide bonds. The van der Waals surface area contributed by atoms with Crippen molar-refractivity contribution in [3.8, 4) is 22.6 Å². The molecule has 32 heavy (non-hydrogen) atoms. The minimum Gasteiger partial charge on any atom is -0.506 e. The zero-order chi connectivity index (χ0) is 23.1. The average molecular weight is 457 g/mol. The molecule has 0 aliphatic heterocycles. The summed E-state index contributed by atoms with van der Waals surface area (Å²) in [6.07, 6.45) is 0.122. The van der Waals surface area contributed by atoms with Gasteiger partial charge in [-0.15, -0.1) is 0 Å². The second-order valence-corrected chi connectivity index (χ2v) is 9.36. The number of rotatable bonds is 10. The Bertz CT molecular complexity index is 1150. The number of hydrogen-bond donors (Lipinski definition) is 4. The van der Waals surface area contributed by atoms with Gasteiger partial charge in [-0.05, 0) is 47.9 Å². The fourth-order valence-electron chi connectivity index (χ4n) is 3.21. The normalized spacial score (nSPS) is 12.3. The summed E-state index contributed by atoms with van der Waals surface area (Å²) in [5.41, 5.74) is 4.01. The summed E-state index contributed by atoms with van der Waals surface area (Å²) in [5, 5.41) is 23.2. The van der Waals surface area contributed by atoms with Crippen LogP contribution in [0.5, 0.6) is 11.5 Å². The summed E-state index contributed by atoms with van der Waals surface area (Å²) < 4.78 is 30.7. The summed E-state index contributed by atoms with van der Waals surface area (Å²) in [4.78, 5) is 0. The molecule has 0 radical (unpaired) electrons. The van der Waals surface area contributed by atoms with Gasteiger partial charge in [0.2, 0.25) is 10.0 Å². The third-order valence-corrected chi connectivity index (χ3v) is 5.38. The standard InChI is InChI=1S/C24H28N2O5S/c1-17-4-3-5-19(14-17)18-6-9-21(10-7-18)31-13-12-25-16-24(28)20-8-11-23(27)22(15-20)26-32(2,29)30/h3-11,14-15,24-28H,12-13,16H2,1-2H3. The fourth-order valence-corrected chi connectivity index (χ4v) is 3.77. The van der Waals surface area contributed by atoms with Gasteiger partial charge in [0, 0.05) is 13.1 Å². The van der Waals surface area contributed by atoms with Gasteiger partial charge in [-0.1, -0.05) is 48.0 Å². The van der Waals surface area contributed by atoms with Crippen molar-refractivity contribution in [2.24, 2.45) is 0 Å². The number of aromatic hydroxyl groups is 1. The first-order valence-electron chi connectivity index (χ1n) is 10.2. The summed E-state index contributed by atoms with van der Waals surface area (Å²) >= 11 is 0. The van der Waals surface area contributed by atoms with Crippen LogP contribution in [0.15, 0.2) is 66.7 Å². The maximum Gasteiger partial charge on any atom is 0.229 e. The van der Waals surface area contributed by atoms with Gasteiger partial charge in [0.25, 0.3) is 0 Å². The van der Waals surface area contributed by atoms with E-state index < -0.39 is 16.1 Å². The van der Waals surface area contributed by atoms with Gasteiger partial charge in [0.1, 0.15) is 18.1 Å². The summed E-state index contributed by atoms with van der Waals surface area (Å²) in [7, 11) is -3.54.